The SMILES string of the molecule is CC(C)(C)OC(=O)N[C@H](c1ncc(-c2ccc(C#Cc3ccc4nc([C@@H](NC(=O)OC(C)(C)C)C(C)(C)C)[nH]c4c3)cc2)[nH]1)C(C)(C)C. The van der Waals surface area contributed by atoms with E-state index in [0.717, 1.165) is 33.4 Å². The van der Waals surface area contributed by atoms with Gasteiger partial charge in [-0.1, -0.05) is 65.5 Å². The molecule has 2 amide bonds. The van der Waals surface area contributed by atoms with E-state index in [9.17, 15) is 9.59 Å². The molecule has 2 aromatic carbocycles. The quantitative estimate of drug-likeness (QED) is 0.159. The van der Waals surface area contributed by atoms with Crippen LogP contribution in [0.5, 0.6) is 0 Å². The lowest BCUT2D eigenvalue weighted by Crippen LogP contribution is -2.40. The van der Waals surface area contributed by atoms with Crippen molar-refractivity contribution < 1.29 is 19.1 Å². The Morgan fingerprint density at radius 1 is 0.688 bits per heavy atom. The number of nitrogens with one attached hydrogen (secondary N) is 4. The summed E-state index contributed by atoms with van der Waals surface area (Å²) in [7, 11) is 0. The highest BCUT2D eigenvalue weighted by Crippen LogP contribution is 2.34. The lowest BCUT2D eigenvalue weighted by molar-refractivity contribution is 0.0448. The third-order valence-corrected chi connectivity index (χ3v) is 7.24. The van der Waals surface area contributed by atoms with Crippen LogP contribution in [0.4, 0.5) is 9.59 Å². The number of H-pyrrole nitrogens is 2. The number of imidazole rings is 2. The Bertz CT molecular complexity index is 1810. The molecule has 0 radical (unpaired) electrons. The average Bonchev–Trinajstić information content (AvgIpc) is 3.58. The van der Waals surface area contributed by atoms with Crippen LogP contribution in [-0.4, -0.2) is 43.3 Å². The molecule has 0 saturated carbocycles. The van der Waals surface area contributed by atoms with Gasteiger partial charge in [-0.05, 0) is 88.3 Å². The monoisotopic (exact) mass is 654 g/mol. The van der Waals surface area contributed by atoms with E-state index in [-0.39, 0.29) is 22.9 Å². The molecule has 0 aliphatic rings. The third kappa shape index (κ3) is 9.86. The molecule has 10 heteroatoms. The van der Waals surface area contributed by atoms with Gasteiger partial charge in [0.15, 0.2) is 0 Å². The number of hydrogen-bond donors (Lipinski definition) is 4. The second kappa shape index (κ2) is 13.4. The van der Waals surface area contributed by atoms with Crippen LogP contribution in [0, 0.1) is 22.7 Å². The van der Waals surface area contributed by atoms with Crippen molar-refractivity contribution in [2.45, 2.75) is 106 Å². The average molecular weight is 655 g/mol. The molecule has 0 aliphatic carbocycles. The first kappa shape index (κ1) is 36.1. The first-order valence-electron chi connectivity index (χ1n) is 16.2. The van der Waals surface area contributed by atoms with Crippen LogP contribution in [0.25, 0.3) is 22.3 Å². The van der Waals surface area contributed by atoms with Crippen LogP contribution in [0.15, 0.2) is 48.7 Å². The number of alkyl carbamates (subject to hydrolysis) is 2. The summed E-state index contributed by atoms with van der Waals surface area (Å²) in [6, 6.07) is 13.0. The molecule has 48 heavy (non-hydrogen) atoms. The minimum Gasteiger partial charge on any atom is -0.444 e. The van der Waals surface area contributed by atoms with Gasteiger partial charge in [0.2, 0.25) is 0 Å². The molecule has 2 aromatic heterocycles. The minimum atomic E-state index is -0.602. The van der Waals surface area contributed by atoms with Crippen LogP contribution >= 0.6 is 0 Å². The Morgan fingerprint density at radius 3 is 1.71 bits per heavy atom. The Labute approximate surface area is 284 Å². The van der Waals surface area contributed by atoms with Crippen LogP contribution in [0.1, 0.15) is 118 Å². The number of amides is 2. The van der Waals surface area contributed by atoms with Gasteiger partial charge in [-0.2, -0.15) is 0 Å². The maximum Gasteiger partial charge on any atom is 0.408 e. The molecule has 0 saturated heterocycles. The summed E-state index contributed by atoms with van der Waals surface area (Å²) in [5, 5.41) is 5.96. The van der Waals surface area contributed by atoms with Gasteiger partial charge in [0.25, 0.3) is 0 Å². The molecule has 0 bridgehead atoms. The van der Waals surface area contributed by atoms with E-state index in [1.807, 2.05) is 126 Å². The highest BCUT2D eigenvalue weighted by Gasteiger charge is 2.33. The summed E-state index contributed by atoms with van der Waals surface area (Å²) >= 11 is 0. The smallest absolute Gasteiger partial charge is 0.408 e. The highest BCUT2D eigenvalue weighted by molar-refractivity contribution is 5.77. The molecule has 4 rings (SSSR count). The second-order valence-corrected chi connectivity index (χ2v) is 16.3. The van der Waals surface area contributed by atoms with Crippen molar-refractivity contribution in [1.29, 1.82) is 0 Å². The van der Waals surface area contributed by atoms with Gasteiger partial charge in [-0.15, -0.1) is 0 Å². The topological polar surface area (TPSA) is 134 Å². The summed E-state index contributed by atoms with van der Waals surface area (Å²) in [6.07, 6.45) is 0.796. The van der Waals surface area contributed by atoms with Crippen LogP contribution in [0.3, 0.4) is 0 Å². The van der Waals surface area contributed by atoms with Crippen molar-refractivity contribution in [3.63, 3.8) is 0 Å². The van der Waals surface area contributed by atoms with E-state index in [4.69, 9.17) is 14.5 Å². The zero-order valence-electron chi connectivity index (χ0n) is 30.3. The van der Waals surface area contributed by atoms with Gasteiger partial charge in [0.1, 0.15) is 22.9 Å². The van der Waals surface area contributed by atoms with E-state index >= 15 is 0 Å². The summed E-state index contributed by atoms with van der Waals surface area (Å²) in [6.45, 7) is 23.3. The van der Waals surface area contributed by atoms with E-state index in [0.29, 0.717) is 11.6 Å². The van der Waals surface area contributed by atoms with Gasteiger partial charge in [0, 0.05) is 11.1 Å². The molecular weight excluding hydrogens is 604 g/mol. The molecule has 0 spiro atoms. The van der Waals surface area contributed by atoms with Gasteiger partial charge in [0.05, 0.1) is 35.0 Å². The molecule has 0 unspecified atom stereocenters. The number of rotatable bonds is 5. The number of aromatic nitrogens is 4. The molecule has 0 aliphatic heterocycles. The lowest BCUT2D eigenvalue weighted by atomic mass is 9.86. The van der Waals surface area contributed by atoms with Gasteiger partial charge >= 0.3 is 12.2 Å². The summed E-state index contributed by atoms with van der Waals surface area (Å²) in [5.74, 6) is 7.80. The molecule has 2 heterocycles. The number of aromatic amines is 2. The Balaban J connectivity index is 1.49. The summed E-state index contributed by atoms with van der Waals surface area (Å²) in [4.78, 5) is 41.3. The number of nitrogens with zero attached hydrogens (tertiary/aromatic N) is 2. The predicted molar refractivity (Wildman–Crippen MR) is 189 cm³/mol. The van der Waals surface area contributed by atoms with Crippen molar-refractivity contribution in [3.8, 4) is 23.1 Å². The van der Waals surface area contributed by atoms with E-state index < -0.39 is 23.4 Å². The van der Waals surface area contributed by atoms with Gasteiger partial charge < -0.3 is 30.1 Å². The fourth-order valence-electron chi connectivity index (χ4n) is 4.99. The largest absolute Gasteiger partial charge is 0.444 e. The Kier molecular flexibility index (Phi) is 10.1. The van der Waals surface area contributed by atoms with E-state index in [1.54, 1.807) is 6.20 Å². The van der Waals surface area contributed by atoms with E-state index in [2.05, 4.69) is 37.4 Å². The first-order chi connectivity index (χ1) is 22.1. The first-order valence-corrected chi connectivity index (χ1v) is 16.2. The maximum absolute atomic E-state index is 12.6. The van der Waals surface area contributed by atoms with Crippen molar-refractivity contribution in [2.75, 3.05) is 0 Å². The number of carbonyl (C=O) groups excluding carboxylic acids is 2. The highest BCUT2D eigenvalue weighted by atomic mass is 16.6. The Hall–Kier alpha value is -4.78. The van der Waals surface area contributed by atoms with Crippen molar-refractivity contribution in [3.05, 3.63) is 71.4 Å². The standard InChI is InChI=1S/C38H50N6O4/c1-35(2,3)29(43-33(45)47-37(7,8)9)31-39-22-28(42-31)25-18-15-23(16-19-25)13-14-24-17-20-26-27(21-24)41-32(40-26)30(36(4,5)6)44-34(46)48-38(10,11)12/h15-22,29-30H,1-12H3,(H,39,42)(H,40,41)(H,43,45)(H,44,46)/t29-,30-/m1/s1. The molecule has 2 atom stereocenters. The number of fused-ring (bicyclic) bond motifs is 1. The van der Waals surface area contributed by atoms with Gasteiger partial charge in [-0.25, -0.2) is 19.6 Å². The molecule has 4 aromatic rings. The number of ether oxygens (including phenoxy) is 2. The van der Waals surface area contributed by atoms with Crippen molar-refractivity contribution >= 4 is 23.2 Å². The number of carbonyl (C=O) groups is 2. The van der Waals surface area contributed by atoms with E-state index in [1.165, 1.54) is 0 Å². The molecule has 4 N–H and O–H groups in total. The molecule has 10 nitrogen and oxygen atoms in total. The molecule has 0 fully saturated rings. The van der Waals surface area contributed by atoms with Gasteiger partial charge in [-0.3, -0.25) is 0 Å². The minimum absolute atomic E-state index is 0.308. The predicted octanol–water partition coefficient (Wildman–Crippen LogP) is 8.58. The zero-order chi connectivity index (χ0) is 35.7. The zero-order valence-corrected chi connectivity index (χ0v) is 30.3. The van der Waals surface area contributed by atoms with Crippen molar-refractivity contribution in [1.82, 2.24) is 30.6 Å². The molecule has 256 valence electrons. The fraction of sp³-hybridized carbons (Fsp3) is 0.474. The summed E-state index contributed by atoms with van der Waals surface area (Å²) in [5.41, 5.74) is 3.26. The normalized spacial score (nSPS) is 13.7. The van der Waals surface area contributed by atoms with Crippen LogP contribution in [-0.2, 0) is 9.47 Å². The lowest BCUT2D eigenvalue weighted by Gasteiger charge is -2.31. The van der Waals surface area contributed by atoms with Crippen molar-refractivity contribution in [2.24, 2.45) is 10.8 Å². The third-order valence-electron chi connectivity index (χ3n) is 7.24. The second-order valence-electron chi connectivity index (χ2n) is 16.3. The summed E-state index contributed by atoms with van der Waals surface area (Å²) < 4.78 is 11.0. The van der Waals surface area contributed by atoms with Crippen LogP contribution < -0.4 is 10.6 Å². The molecular formula is C38H50N6O4. The number of hydrogen-bond acceptors (Lipinski definition) is 6. The Morgan fingerprint density at radius 2 is 1.19 bits per heavy atom. The number of benzene rings is 2. The maximum atomic E-state index is 12.6. The fourth-order valence-corrected chi connectivity index (χ4v) is 4.99. The van der Waals surface area contributed by atoms with Crippen LogP contribution in [0.2, 0.25) is 0 Å².